The first-order chi connectivity index (χ1) is 10.6. The zero-order valence-electron chi connectivity index (χ0n) is 14.6. The molecule has 6 heteroatoms. The van der Waals surface area contributed by atoms with Crippen molar-refractivity contribution >= 4 is 7.25 Å². The molecule has 0 aliphatic heterocycles. The van der Waals surface area contributed by atoms with Gasteiger partial charge in [-0.05, 0) is 12.8 Å². The molecular formula is C17H30BF4N. The summed E-state index contributed by atoms with van der Waals surface area (Å²) in [4.78, 5) is 0. The largest absolute Gasteiger partial charge is 0.673 e. The summed E-state index contributed by atoms with van der Waals surface area (Å²) in [5, 5.41) is 0. The summed E-state index contributed by atoms with van der Waals surface area (Å²) < 4.78 is 40.1. The Morgan fingerprint density at radius 3 is 1.83 bits per heavy atom. The van der Waals surface area contributed by atoms with Crippen LogP contribution in [0.4, 0.5) is 17.3 Å². The Bertz CT molecular complexity index is 387. The maximum atomic E-state index is 9.75. The highest BCUT2D eigenvalue weighted by molar-refractivity contribution is 6.50. The Morgan fingerprint density at radius 1 is 0.826 bits per heavy atom. The molecule has 1 aromatic carbocycles. The van der Waals surface area contributed by atoms with Gasteiger partial charge < -0.3 is 21.7 Å². The highest BCUT2D eigenvalue weighted by Gasteiger charge is 2.20. The number of nitrogens with zero attached hydrogens (tertiary/aromatic N) is 1. The van der Waals surface area contributed by atoms with Gasteiger partial charge in [0.25, 0.3) is 0 Å². The molecule has 134 valence electrons. The van der Waals surface area contributed by atoms with Crippen LogP contribution in [0.25, 0.3) is 0 Å². The number of hydrogen-bond acceptors (Lipinski definition) is 0. The van der Waals surface area contributed by atoms with Crippen LogP contribution in [0.15, 0.2) is 30.3 Å². The van der Waals surface area contributed by atoms with Crippen LogP contribution in [0.1, 0.15) is 51.0 Å². The van der Waals surface area contributed by atoms with Crippen molar-refractivity contribution in [3.8, 4) is 0 Å². The van der Waals surface area contributed by atoms with Crippen molar-refractivity contribution in [2.24, 2.45) is 0 Å². The molecule has 0 spiro atoms. The van der Waals surface area contributed by atoms with E-state index in [1.807, 2.05) is 0 Å². The first-order valence-corrected chi connectivity index (χ1v) is 8.37. The van der Waals surface area contributed by atoms with Gasteiger partial charge >= 0.3 is 7.25 Å². The van der Waals surface area contributed by atoms with E-state index in [9.17, 15) is 17.3 Å². The van der Waals surface area contributed by atoms with Crippen LogP contribution in [0.5, 0.6) is 0 Å². The van der Waals surface area contributed by atoms with Crippen molar-refractivity contribution in [2.45, 2.75) is 52.0 Å². The monoisotopic (exact) mass is 335 g/mol. The van der Waals surface area contributed by atoms with Gasteiger partial charge in [0.2, 0.25) is 0 Å². The standard InChI is InChI=1S/C17H30N.BF4/c1-4-5-6-7-8-12-15-18(2,3)16-17-13-10-9-11-14-17;2-1(3,4)5/h9-11,13-14H,4-8,12,15-16H2,1-3H3;/q+1;-1. The second kappa shape index (κ2) is 11.5. The van der Waals surface area contributed by atoms with E-state index >= 15 is 0 Å². The molecule has 0 radical (unpaired) electrons. The smallest absolute Gasteiger partial charge is 0.418 e. The zero-order valence-corrected chi connectivity index (χ0v) is 14.6. The highest BCUT2D eigenvalue weighted by Crippen LogP contribution is 2.12. The van der Waals surface area contributed by atoms with Gasteiger partial charge in [-0.15, -0.1) is 0 Å². The second-order valence-electron chi connectivity index (χ2n) is 6.57. The van der Waals surface area contributed by atoms with E-state index < -0.39 is 7.25 Å². The molecule has 1 rings (SSSR count). The van der Waals surface area contributed by atoms with Crippen LogP contribution in [0, 0.1) is 0 Å². The third-order valence-electron chi connectivity index (χ3n) is 3.57. The summed E-state index contributed by atoms with van der Waals surface area (Å²) in [7, 11) is -1.31. The van der Waals surface area contributed by atoms with Crippen LogP contribution in [-0.4, -0.2) is 32.4 Å². The molecule has 0 fully saturated rings. The minimum Gasteiger partial charge on any atom is -0.418 e. The zero-order chi connectivity index (χ0) is 17.8. The van der Waals surface area contributed by atoms with Gasteiger partial charge in [0, 0.05) is 5.56 Å². The number of hydrogen-bond donors (Lipinski definition) is 0. The van der Waals surface area contributed by atoms with E-state index in [1.165, 1.54) is 50.6 Å². The van der Waals surface area contributed by atoms with Gasteiger partial charge in [0.15, 0.2) is 0 Å². The Balaban J connectivity index is 0.000000841. The average Bonchev–Trinajstić information content (AvgIpc) is 2.41. The van der Waals surface area contributed by atoms with Crippen LogP contribution in [0.2, 0.25) is 0 Å². The quantitative estimate of drug-likeness (QED) is 0.227. The minimum absolute atomic E-state index is 1.11. The third-order valence-corrected chi connectivity index (χ3v) is 3.57. The predicted octanol–water partition coefficient (Wildman–Crippen LogP) is 5.92. The van der Waals surface area contributed by atoms with E-state index in [2.05, 4.69) is 51.4 Å². The predicted molar refractivity (Wildman–Crippen MR) is 90.7 cm³/mol. The molecule has 0 aliphatic carbocycles. The molecule has 0 saturated carbocycles. The molecule has 0 aromatic heterocycles. The lowest BCUT2D eigenvalue weighted by atomic mass is 10.1. The Labute approximate surface area is 138 Å². The molecule has 0 aliphatic rings. The Kier molecular flexibility index (Phi) is 11.0. The van der Waals surface area contributed by atoms with E-state index in [-0.39, 0.29) is 0 Å². The molecule has 1 nitrogen and oxygen atoms in total. The summed E-state index contributed by atoms with van der Waals surface area (Å²) >= 11 is 0. The normalized spacial score (nSPS) is 11.8. The fourth-order valence-electron chi connectivity index (χ4n) is 2.48. The number of rotatable bonds is 9. The maximum absolute atomic E-state index is 9.75. The lowest BCUT2D eigenvalue weighted by Crippen LogP contribution is -2.39. The lowest BCUT2D eigenvalue weighted by molar-refractivity contribution is -0.903. The molecular weight excluding hydrogens is 305 g/mol. The molecule has 0 amide bonds. The number of halogens is 4. The topological polar surface area (TPSA) is 0 Å². The fourth-order valence-corrected chi connectivity index (χ4v) is 2.48. The van der Waals surface area contributed by atoms with Gasteiger partial charge in [0.05, 0.1) is 20.6 Å². The highest BCUT2D eigenvalue weighted by atomic mass is 19.5. The number of quaternary nitrogens is 1. The van der Waals surface area contributed by atoms with Crippen molar-refractivity contribution in [3.05, 3.63) is 35.9 Å². The Hall–Kier alpha value is -1.04. The molecule has 23 heavy (non-hydrogen) atoms. The van der Waals surface area contributed by atoms with E-state index in [4.69, 9.17) is 0 Å². The van der Waals surface area contributed by atoms with Crippen molar-refractivity contribution in [3.63, 3.8) is 0 Å². The fraction of sp³-hybridized carbons (Fsp3) is 0.647. The Morgan fingerprint density at radius 2 is 1.30 bits per heavy atom. The van der Waals surface area contributed by atoms with Crippen molar-refractivity contribution in [1.29, 1.82) is 0 Å². The summed E-state index contributed by atoms with van der Waals surface area (Å²) in [5.74, 6) is 0. The maximum Gasteiger partial charge on any atom is 0.673 e. The van der Waals surface area contributed by atoms with Crippen molar-refractivity contribution in [1.82, 2.24) is 0 Å². The number of benzene rings is 1. The van der Waals surface area contributed by atoms with E-state index in [0.29, 0.717) is 0 Å². The summed E-state index contributed by atoms with van der Waals surface area (Å²) in [6, 6.07) is 10.8. The first-order valence-electron chi connectivity index (χ1n) is 8.37. The molecule has 0 N–H and O–H groups in total. The average molecular weight is 335 g/mol. The third kappa shape index (κ3) is 17.2. The molecule has 0 bridgehead atoms. The van der Waals surface area contributed by atoms with Crippen LogP contribution >= 0.6 is 0 Å². The van der Waals surface area contributed by atoms with Gasteiger partial charge in [-0.25, -0.2) is 0 Å². The van der Waals surface area contributed by atoms with Crippen LogP contribution in [0.3, 0.4) is 0 Å². The van der Waals surface area contributed by atoms with Gasteiger partial charge in [-0.3, -0.25) is 0 Å². The van der Waals surface area contributed by atoms with Crippen molar-refractivity contribution in [2.75, 3.05) is 20.6 Å². The second-order valence-corrected chi connectivity index (χ2v) is 6.57. The SMILES string of the molecule is CCCCCCCC[N+](C)(C)Cc1ccccc1.F[B-](F)(F)F. The first kappa shape index (κ1) is 22.0. The summed E-state index contributed by atoms with van der Waals surface area (Å²) in [6.45, 7) is 4.72. The van der Waals surface area contributed by atoms with E-state index in [1.54, 1.807) is 0 Å². The number of unbranched alkanes of at least 4 members (excludes halogenated alkanes) is 5. The van der Waals surface area contributed by atoms with Crippen LogP contribution < -0.4 is 0 Å². The molecule has 0 heterocycles. The molecule has 0 saturated heterocycles. The lowest BCUT2D eigenvalue weighted by Gasteiger charge is -2.30. The molecule has 0 atom stereocenters. The summed E-state index contributed by atoms with van der Waals surface area (Å²) in [5.41, 5.74) is 1.45. The van der Waals surface area contributed by atoms with Crippen LogP contribution in [-0.2, 0) is 6.54 Å². The van der Waals surface area contributed by atoms with Gasteiger partial charge in [0.1, 0.15) is 6.54 Å². The van der Waals surface area contributed by atoms with E-state index in [0.717, 1.165) is 11.0 Å². The minimum atomic E-state index is -6.00. The summed E-state index contributed by atoms with van der Waals surface area (Å²) in [6.07, 6.45) is 8.35. The van der Waals surface area contributed by atoms with Gasteiger partial charge in [-0.1, -0.05) is 62.9 Å². The molecule has 1 aromatic rings. The molecule has 0 unspecified atom stereocenters. The van der Waals surface area contributed by atoms with Crippen molar-refractivity contribution < 1.29 is 21.7 Å². The van der Waals surface area contributed by atoms with Gasteiger partial charge in [-0.2, -0.15) is 0 Å².